The van der Waals surface area contributed by atoms with Crippen molar-refractivity contribution in [3.05, 3.63) is 12.7 Å². The maximum Gasteiger partial charge on any atom is 0.328 e. The van der Waals surface area contributed by atoms with Crippen molar-refractivity contribution in [2.24, 2.45) is 0 Å². The SMILES string of the molecule is C=CCC(C)(C)[SiH](OC(C)CC)OC(C)CC. The Labute approximate surface area is 109 Å². The molecule has 0 saturated heterocycles. The smallest absolute Gasteiger partial charge is 0.328 e. The normalized spacial score (nSPS) is 17.5. The molecule has 0 saturated carbocycles. The van der Waals surface area contributed by atoms with E-state index in [4.69, 9.17) is 8.85 Å². The molecule has 0 aliphatic carbocycles. The molecule has 2 atom stereocenters. The molecular weight excluding hydrogens is 228 g/mol. The van der Waals surface area contributed by atoms with Crippen LogP contribution in [0.5, 0.6) is 0 Å². The lowest BCUT2D eigenvalue weighted by atomic mass is 10.1. The van der Waals surface area contributed by atoms with Crippen molar-refractivity contribution in [2.45, 2.75) is 78.1 Å². The van der Waals surface area contributed by atoms with Crippen molar-refractivity contribution in [2.75, 3.05) is 0 Å². The van der Waals surface area contributed by atoms with Crippen LogP contribution in [0.4, 0.5) is 0 Å². The van der Waals surface area contributed by atoms with Gasteiger partial charge in [0.1, 0.15) is 0 Å². The Morgan fingerprint density at radius 2 is 1.53 bits per heavy atom. The molecule has 0 aliphatic heterocycles. The predicted molar refractivity (Wildman–Crippen MR) is 77.7 cm³/mol. The molecule has 0 N–H and O–H groups in total. The highest BCUT2D eigenvalue weighted by atomic mass is 28.3. The van der Waals surface area contributed by atoms with Crippen molar-refractivity contribution < 1.29 is 8.85 Å². The van der Waals surface area contributed by atoms with Gasteiger partial charge in [-0.15, -0.1) is 6.58 Å². The van der Waals surface area contributed by atoms with Crippen molar-refractivity contribution in [1.29, 1.82) is 0 Å². The maximum atomic E-state index is 6.16. The van der Waals surface area contributed by atoms with E-state index in [0.29, 0.717) is 12.2 Å². The first-order chi connectivity index (χ1) is 7.87. The summed E-state index contributed by atoms with van der Waals surface area (Å²) in [6.45, 7) is 16.9. The van der Waals surface area contributed by atoms with Gasteiger partial charge in [-0.2, -0.15) is 0 Å². The second-order valence-electron chi connectivity index (χ2n) is 5.52. The van der Waals surface area contributed by atoms with Gasteiger partial charge in [-0.25, -0.2) is 0 Å². The molecule has 17 heavy (non-hydrogen) atoms. The highest BCUT2D eigenvalue weighted by Crippen LogP contribution is 2.35. The fourth-order valence-corrected chi connectivity index (χ4v) is 3.87. The molecule has 0 aromatic heterocycles. The van der Waals surface area contributed by atoms with Crippen LogP contribution in [0.3, 0.4) is 0 Å². The molecule has 0 radical (unpaired) electrons. The summed E-state index contributed by atoms with van der Waals surface area (Å²) in [5.41, 5.74) is 0. The van der Waals surface area contributed by atoms with Crippen LogP contribution < -0.4 is 0 Å². The summed E-state index contributed by atoms with van der Waals surface area (Å²) in [6.07, 6.45) is 5.59. The quantitative estimate of drug-likeness (QED) is 0.456. The first-order valence-corrected chi connectivity index (χ1v) is 8.31. The van der Waals surface area contributed by atoms with Gasteiger partial charge < -0.3 is 8.85 Å². The van der Waals surface area contributed by atoms with Crippen molar-refractivity contribution >= 4 is 9.28 Å². The van der Waals surface area contributed by atoms with E-state index < -0.39 is 9.28 Å². The van der Waals surface area contributed by atoms with Crippen LogP contribution in [-0.4, -0.2) is 21.5 Å². The predicted octanol–water partition coefficient (Wildman–Crippen LogP) is 4.19. The number of hydrogen-bond donors (Lipinski definition) is 0. The second-order valence-corrected chi connectivity index (χ2v) is 8.29. The van der Waals surface area contributed by atoms with Crippen LogP contribution in [0.1, 0.15) is 60.8 Å². The van der Waals surface area contributed by atoms with Gasteiger partial charge in [-0.1, -0.05) is 33.8 Å². The van der Waals surface area contributed by atoms with Crippen LogP contribution in [-0.2, 0) is 8.85 Å². The number of allylic oxidation sites excluding steroid dienone is 1. The topological polar surface area (TPSA) is 18.5 Å². The second kappa shape index (κ2) is 8.06. The van der Waals surface area contributed by atoms with Gasteiger partial charge in [0, 0.05) is 17.2 Å². The van der Waals surface area contributed by atoms with Crippen LogP contribution in [0.25, 0.3) is 0 Å². The molecule has 0 aliphatic rings. The van der Waals surface area contributed by atoms with Crippen molar-refractivity contribution in [3.63, 3.8) is 0 Å². The summed E-state index contributed by atoms with van der Waals surface area (Å²) >= 11 is 0. The minimum atomic E-state index is -1.68. The van der Waals surface area contributed by atoms with E-state index in [-0.39, 0.29) is 5.04 Å². The fourth-order valence-electron chi connectivity index (χ4n) is 1.48. The molecule has 0 rings (SSSR count). The summed E-state index contributed by atoms with van der Waals surface area (Å²) in [4.78, 5) is 0. The molecule has 102 valence electrons. The Balaban J connectivity index is 4.64. The highest BCUT2D eigenvalue weighted by molar-refractivity contribution is 6.48. The molecule has 2 nitrogen and oxygen atoms in total. The third kappa shape index (κ3) is 6.39. The Morgan fingerprint density at radius 3 is 1.82 bits per heavy atom. The summed E-state index contributed by atoms with van der Waals surface area (Å²) in [5.74, 6) is 0. The summed E-state index contributed by atoms with van der Waals surface area (Å²) in [6, 6.07) is 0. The van der Waals surface area contributed by atoms with Crippen LogP contribution in [0.2, 0.25) is 5.04 Å². The zero-order valence-corrected chi connectivity index (χ0v) is 13.6. The van der Waals surface area contributed by atoms with E-state index in [9.17, 15) is 0 Å². The molecule has 0 spiro atoms. The molecule has 0 fully saturated rings. The lowest BCUT2D eigenvalue weighted by molar-refractivity contribution is 0.0955. The van der Waals surface area contributed by atoms with Crippen LogP contribution >= 0.6 is 0 Å². The molecule has 0 aromatic rings. The van der Waals surface area contributed by atoms with E-state index in [1.165, 1.54) is 0 Å². The molecule has 0 aromatic carbocycles. The average molecular weight is 258 g/mol. The molecule has 0 bridgehead atoms. The van der Waals surface area contributed by atoms with Gasteiger partial charge in [0.05, 0.1) is 0 Å². The summed E-state index contributed by atoms with van der Waals surface area (Å²) in [5, 5.41) is 0.106. The largest absolute Gasteiger partial charge is 0.393 e. The zero-order chi connectivity index (χ0) is 13.5. The summed E-state index contributed by atoms with van der Waals surface area (Å²) < 4.78 is 12.3. The highest BCUT2D eigenvalue weighted by Gasteiger charge is 2.35. The van der Waals surface area contributed by atoms with E-state index in [2.05, 4.69) is 48.1 Å². The standard InChI is InChI=1S/C14H30O2Si/c1-8-11-14(6,7)17(15-12(4)9-2)16-13(5)10-3/h8,12-13,17H,1,9-11H2,2-7H3. The van der Waals surface area contributed by atoms with Gasteiger partial charge in [0.2, 0.25) is 0 Å². The van der Waals surface area contributed by atoms with Gasteiger partial charge in [0.15, 0.2) is 0 Å². The van der Waals surface area contributed by atoms with Gasteiger partial charge in [-0.3, -0.25) is 0 Å². The molecule has 3 heteroatoms. The average Bonchev–Trinajstić information content (AvgIpc) is 2.27. The van der Waals surface area contributed by atoms with Gasteiger partial charge >= 0.3 is 9.28 Å². The fraction of sp³-hybridized carbons (Fsp3) is 0.857. The number of hydrogen-bond acceptors (Lipinski definition) is 2. The molecular formula is C14H30O2Si. The first-order valence-electron chi connectivity index (χ1n) is 6.79. The van der Waals surface area contributed by atoms with E-state index >= 15 is 0 Å². The third-order valence-corrected chi connectivity index (χ3v) is 6.11. The molecule has 0 heterocycles. The maximum absolute atomic E-state index is 6.16. The first kappa shape index (κ1) is 16.9. The van der Waals surface area contributed by atoms with E-state index in [1.54, 1.807) is 0 Å². The van der Waals surface area contributed by atoms with E-state index in [0.717, 1.165) is 19.3 Å². The Kier molecular flexibility index (Phi) is 8.00. The minimum Gasteiger partial charge on any atom is -0.393 e. The Hall–Kier alpha value is -0.123. The Morgan fingerprint density at radius 1 is 1.12 bits per heavy atom. The van der Waals surface area contributed by atoms with Gasteiger partial charge in [-0.05, 0) is 33.1 Å². The summed E-state index contributed by atoms with van der Waals surface area (Å²) in [7, 11) is -1.68. The van der Waals surface area contributed by atoms with E-state index in [1.807, 2.05) is 6.08 Å². The number of rotatable bonds is 9. The lowest BCUT2D eigenvalue weighted by Crippen LogP contribution is -2.39. The molecule has 2 unspecified atom stereocenters. The van der Waals surface area contributed by atoms with Crippen molar-refractivity contribution in [3.8, 4) is 0 Å². The lowest BCUT2D eigenvalue weighted by Gasteiger charge is -2.34. The third-order valence-electron chi connectivity index (χ3n) is 3.17. The van der Waals surface area contributed by atoms with Crippen LogP contribution in [0, 0.1) is 0 Å². The monoisotopic (exact) mass is 258 g/mol. The van der Waals surface area contributed by atoms with Crippen molar-refractivity contribution in [1.82, 2.24) is 0 Å². The van der Waals surface area contributed by atoms with Crippen LogP contribution in [0.15, 0.2) is 12.7 Å². The Bertz CT molecular complexity index is 204. The minimum absolute atomic E-state index is 0.106. The molecule has 0 amide bonds. The van der Waals surface area contributed by atoms with Gasteiger partial charge in [0.25, 0.3) is 0 Å². The zero-order valence-electron chi connectivity index (χ0n) is 12.5.